The fourth-order valence-electron chi connectivity index (χ4n) is 8.34. The van der Waals surface area contributed by atoms with Gasteiger partial charge in [-0.1, -0.05) is 0 Å². The van der Waals surface area contributed by atoms with Gasteiger partial charge in [0.25, 0.3) is 0 Å². The summed E-state index contributed by atoms with van der Waals surface area (Å²) in [5, 5.41) is 6.19. The third-order valence-electron chi connectivity index (χ3n) is 12.2. The second kappa shape index (κ2) is 19.6. The number of nitrogens with one attached hydrogen (secondary N) is 2. The molecular formula is C36H64N8O6. The molecular weight excluding hydrogens is 640 g/mol. The highest BCUT2D eigenvalue weighted by Crippen LogP contribution is 2.30. The number of piperazine rings is 2. The molecule has 14 nitrogen and oxygen atoms in total. The second-order valence-corrected chi connectivity index (χ2v) is 15.6. The van der Waals surface area contributed by atoms with Gasteiger partial charge in [0.2, 0.25) is 0 Å². The van der Waals surface area contributed by atoms with Crippen LogP contribution in [-0.2, 0) is 9.47 Å². The topological polar surface area (TPSA) is 176 Å². The molecule has 0 aromatic heterocycles. The van der Waals surface area contributed by atoms with Crippen LogP contribution in [0.1, 0.15) is 77.0 Å². The average Bonchev–Trinajstić information content (AvgIpc) is 3.18. The number of nitrogens with two attached hydrogens (primary N) is 2. The molecule has 0 aromatic rings. The molecule has 5 fully saturated rings. The molecule has 3 saturated carbocycles. The Bertz CT molecular complexity index is 990. The van der Waals surface area contributed by atoms with Crippen LogP contribution in [0.15, 0.2) is 0 Å². The van der Waals surface area contributed by atoms with Crippen molar-refractivity contribution in [1.29, 1.82) is 0 Å². The molecule has 284 valence electrons. The minimum Gasteiger partial charge on any atom is -0.449 e. The first kappa shape index (κ1) is 38.2. The predicted molar refractivity (Wildman–Crippen MR) is 190 cm³/mol. The lowest BCUT2D eigenvalue weighted by molar-refractivity contribution is 0.0477. The summed E-state index contributed by atoms with van der Waals surface area (Å²) in [5.41, 5.74) is 11.6. The lowest BCUT2D eigenvalue weighted by Crippen LogP contribution is -2.54. The Morgan fingerprint density at radius 3 is 1.04 bits per heavy atom. The minimum absolute atomic E-state index is 0.0458. The fourth-order valence-corrected chi connectivity index (χ4v) is 8.34. The van der Waals surface area contributed by atoms with Gasteiger partial charge in [-0.2, -0.15) is 0 Å². The summed E-state index contributed by atoms with van der Waals surface area (Å²) in [6.07, 6.45) is 12.2. The molecule has 2 heterocycles. The number of hydrogen-bond donors (Lipinski definition) is 4. The van der Waals surface area contributed by atoms with Crippen LogP contribution in [0.3, 0.4) is 0 Å². The molecule has 0 atom stereocenters. The standard InChI is InChI=1S/C36H64N8O6/c37-21-27-1-5-29(6-2-27)23-39-33(45)41-13-17-43(18-14-41)35(47)49-25-31-9-11-32(12-10-31)26-50-36(48)44-19-15-42(16-20-44)34(46)40-24-30-7-3-28(22-38)4-8-30/h27-32H,1-26,37-38H2,(H,39,45)(H,40,46). The Morgan fingerprint density at radius 1 is 0.440 bits per heavy atom. The first-order valence-corrected chi connectivity index (χ1v) is 19.6. The van der Waals surface area contributed by atoms with E-state index in [9.17, 15) is 19.2 Å². The minimum atomic E-state index is -0.305. The van der Waals surface area contributed by atoms with Crippen molar-refractivity contribution < 1.29 is 28.7 Å². The van der Waals surface area contributed by atoms with Gasteiger partial charge >= 0.3 is 24.2 Å². The summed E-state index contributed by atoms with van der Waals surface area (Å²) in [5.74, 6) is 2.92. The molecule has 0 radical (unpaired) electrons. The maximum absolute atomic E-state index is 12.8. The Balaban J connectivity index is 0.873. The number of carbonyl (C=O) groups excluding carboxylic acids is 4. The molecule has 0 aromatic carbocycles. The molecule has 50 heavy (non-hydrogen) atoms. The fraction of sp³-hybridized carbons (Fsp3) is 0.889. The van der Waals surface area contributed by atoms with Gasteiger partial charge in [0.1, 0.15) is 0 Å². The van der Waals surface area contributed by atoms with Crippen molar-refractivity contribution in [3.05, 3.63) is 0 Å². The Kier molecular flexibility index (Phi) is 15.0. The molecule has 14 heteroatoms. The van der Waals surface area contributed by atoms with Gasteiger partial charge in [0, 0.05) is 65.4 Å². The Hall–Kier alpha value is -3.00. The quantitative estimate of drug-likeness (QED) is 0.268. The number of ether oxygens (including phenoxy) is 2. The van der Waals surface area contributed by atoms with Crippen molar-refractivity contribution in [2.24, 2.45) is 47.0 Å². The van der Waals surface area contributed by atoms with Crippen molar-refractivity contribution in [1.82, 2.24) is 30.2 Å². The molecule has 6 amide bonds. The first-order valence-electron chi connectivity index (χ1n) is 19.6. The van der Waals surface area contributed by atoms with Crippen molar-refractivity contribution in [2.75, 3.05) is 91.8 Å². The lowest BCUT2D eigenvalue weighted by atomic mass is 9.82. The third-order valence-corrected chi connectivity index (χ3v) is 12.2. The number of amides is 6. The van der Waals surface area contributed by atoms with E-state index in [1.54, 1.807) is 19.6 Å². The lowest BCUT2D eigenvalue weighted by Gasteiger charge is -2.35. The number of rotatable bonds is 10. The highest BCUT2D eigenvalue weighted by atomic mass is 16.6. The summed E-state index contributed by atoms with van der Waals surface area (Å²) in [6, 6.07) is -0.0916. The zero-order chi connectivity index (χ0) is 35.3. The molecule has 2 aliphatic heterocycles. The van der Waals surface area contributed by atoms with E-state index in [0.29, 0.717) is 114 Å². The van der Waals surface area contributed by atoms with E-state index in [-0.39, 0.29) is 24.2 Å². The smallest absolute Gasteiger partial charge is 0.409 e. The van der Waals surface area contributed by atoms with Gasteiger partial charge in [-0.25, -0.2) is 19.2 Å². The van der Waals surface area contributed by atoms with Crippen LogP contribution in [-0.4, -0.2) is 136 Å². The van der Waals surface area contributed by atoms with Gasteiger partial charge in [-0.15, -0.1) is 0 Å². The van der Waals surface area contributed by atoms with Crippen LogP contribution in [0.2, 0.25) is 0 Å². The third kappa shape index (κ3) is 11.5. The Labute approximate surface area is 298 Å². The highest BCUT2D eigenvalue weighted by Gasteiger charge is 2.30. The van der Waals surface area contributed by atoms with E-state index in [4.69, 9.17) is 20.9 Å². The second-order valence-electron chi connectivity index (χ2n) is 15.6. The van der Waals surface area contributed by atoms with E-state index in [0.717, 1.165) is 90.1 Å². The van der Waals surface area contributed by atoms with Crippen molar-refractivity contribution >= 4 is 24.2 Å². The SMILES string of the molecule is NCC1CCC(CNC(=O)N2CCN(C(=O)OCC3CCC(COC(=O)N4CCN(C(=O)NCC5CCC(CN)CC5)CC4)CC3)CC2)CC1. The van der Waals surface area contributed by atoms with E-state index in [1.165, 1.54) is 0 Å². The van der Waals surface area contributed by atoms with Gasteiger partial charge in [0.15, 0.2) is 0 Å². The van der Waals surface area contributed by atoms with Crippen molar-refractivity contribution in [2.45, 2.75) is 77.0 Å². The van der Waals surface area contributed by atoms with Gasteiger partial charge in [-0.05, 0) is 126 Å². The number of urea groups is 2. The summed E-state index contributed by atoms with van der Waals surface area (Å²) in [4.78, 5) is 57.9. The largest absolute Gasteiger partial charge is 0.449 e. The van der Waals surface area contributed by atoms with Crippen molar-refractivity contribution in [3.8, 4) is 0 Å². The first-order chi connectivity index (χ1) is 24.3. The maximum atomic E-state index is 12.8. The van der Waals surface area contributed by atoms with E-state index in [1.807, 2.05) is 0 Å². The zero-order valence-corrected chi connectivity index (χ0v) is 30.2. The number of nitrogens with zero attached hydrogens (tertiary/aromatic N) is 4. The monoisotopic (exact) mass is 704 g/mol. The van der Waals surface area contributed by atoms with Crippen molar-refractivity contribution in [3.63, 3.8) is 0 Å². The van der Waals surface area contributed by atoms with E-state index in [2.05, 4.69) is 10.6 Å². The van der Waals surface area contributed by atoms with Crippen LogP contribution >= 0.6 is 0 Å². The van der Waals surface area contributed by atoms with Crippen LogP contribution in [0.4, 0.5) is 19.2 Å². The normalized spacial score (nSPS) is 29.2. The molecule has 0 spiro atoms. The summed E-state index contributed by atoms with van der Waals surface area (Å²) >= 11 is 0. The van der Waals surface area contributed by atoms with Crippen LogP contribution in [0, 0.1) is 35.5 Å². The van der Waals surface area contributed by atoms with Crippen LogP contribution < -0.4 is 22.1 Å². The van der Waals surface area contributed by atoms with Crippen LogP contribution in [0.25, 0.3) is 0 Å². The molecule has 2 saturated heterocycles. The average molecular weight is 705 g/mol. The van der Waals surface area contributed by atoms with Crippen LogP contribution in [0.5, 0.6) is 0 Å². The maximum Gasteiger partial charge on any atom is 0.409 e. The molecule has 0 bridgehead atoms. The molecule has 0 unspecified atom stereocenters. The zero-order valence-electron chi connectivity index (χ0n) is 30.2. The van der Waals surface area contributed by atoms with Gasteiger partial charge in [0.05, 0.1) is 13.2 Å². The predicted octanol–water partition coefficient (Wildman–Crippen LogP) is 3.25. The molecule has 6 N–H and O–H groups in total. The molecule has 3 aliphatic carbocycles. The molecule has 5 rings (SSSR count). The van der Waals surface area contributed by atoms with Gasteiger partial charge in [-0.3, -0.25) is 0 Å². The van der Waals surface area contributed by atoms with Gasteiger partial charge < -0.3 is 51.2 Å². The Morgan fingerprint density at radius 2 is 0.720 bits per heavy atom. The summed E-state index contributed by atoms with van der Waals surface area (Å²) < 4.78 is 11.4. The summed E-state index contributed by atoms with van der Waals surface area (Å²) in [7, 11) is 0. The molecule has 5 aliphatic rings. The van der Waals surface area contributed by atoms with E-state index >= 15 is 0 Å². The number of carbonyl (C=O) groups is 4. The van der Waals surface area contributed by atoms with E-state index < -0.39 is 0 Å². The summed E-state index contributed by atoms with van der Waals surface area (Å²) in [6.45, 7) is 7.65. The number of hydrogen-bond acceptors (Lipinski definition) is 8. The highest BCUT2D eigenvalue weighted by molar-refractivity contribution is 5.75.